The highest BCUT2D eigenvalue weighted by Gasteiger charge is 2.26. The molecule has 0 aromatic heterocycles. The zero-order valence-electron chi connectivity index (χ0n) is 13.6. The Morgan fingerprint density at radius 2 is 1.70 bits per heavy atom. The largest absolute Gasteiger partial charge is 0.395 e. The molecule has 118 valence electrons. The summed E-state index contributed by atoms with van der Waals surface area (Å²) in [5, 5.41) is 9.34. The zero-order chi connectivity index (χ0) is 15.1. The maximum atomic E-state index is 12.3. The maximum Gasteiger partial charge on any atom is 0.222 e. The summed E-state index contributed by atoms with van der Waals surface area (Å²) in [5.74, 6) is 1.38. The number of rotatable bonds is 7. The van der Waals surface area contributed by atoms with Crippen molar-refractivity contribution in [2.75, 3.05) is 32.8 Å². The van der Waals surface area contributed by atoms with Crippen LogP contribution in [0.1, 0.15) is 47.0 Å². The molecule has 1 aliphatic rings. The quantitative estimate of drug-likeness (QED) is 0.777. The van der Waals surface area contributed by atoms with E-state index in [0.717, 1.165) is 39.0 Å². The molecule has 2 atom stereocenters. The van der Waals surface area contributed by atoms with Crippen molar-refractivity contribution < 1.29 is 9.90 Å². The fraction of sp³-hybridized carbons (Fsp3) is 0.938. The molecule has 0 spiro atoms. The highest BCUT2D eigenvalue weighted by atomic mass is 16.3. The monoisotopic (exact) mass is 284 g/mol. The molecule has 1 amide bonds. The Balaban J connectivity index is 2.42. The highest BCUT2D eigenvalue weighted by Crippen LogP contribution is 2.20. The second-order valence-electron chi connectivity index (χ2n) is 6.28. The number of hydrogen-bond acceptors (Lipinski definition) is 3. The van der Waals surface area contributed by atoms with Crippen molar-refractivity contribution in [3.05, 3.63) is 0 Å². The van der Waals surface area contributed by atoms with Crippen molar-refractivity contribution in [2.45, 2.75) is 53.0 Å². The molecular formula is C16H32N2O2. The second kappa shape index (κ2) is 8.63. The number of piperazine rings is 1. The summed E-state index contributed by atoms with van der Waals surface area (Å²) in [6.07, 6.45) is 2.73. The van der Waals surface area contributed by atoms with Gasteiger partial charge in [0.1, 0.15) is 0 Å². The third kappa shape index (κ3) is 4.74. The first-order valence-corrected chi connectivity index (χ1v) is 8.16. The van der Waals surface area contributed by atoms with Gasteiger partial charge in [-0.05, 0) is 18.3 Å². The van der Waals surface area contributed by atoms with E-state index in [1.165, 1.54) is 0 Å². The summed E-state index contributed by atoms with van der Waals surface area (Å²) in [5.41, 5.74) is 0. The first-order chi connectivity index (χ1) is 9.53. The number of nitrogens with zero attached hydrogens (tertiary/aromatic N) is 2. The average molecular weight is 284 g/mol. The van der Waals surface area contributed by atoms with E-state index in [1.54, 1.807) is 0 Å². The fourth-order valence-electron chi connectivity index (χ4n) is 3.04. The lowest BCUT2D eigenvalue weighted by Gasteiger charge is -2.39. The van der Waals surface area contributed by atoms with E-state index in [-0.39, 0.29) is 12.6 Å². The van der Waals surface area contributed by atoms with Crippen molar-refractivity contribution in [2.24, 2.45) is 11.8 Å². The lowest BCUT2D eigenvalue weighted by molar-refractivity contribution is -0.134. The van der Waals surface area contributed by atoms with Crippen LogP contribution in [-0.4, -0.2) is 59.6 Å². The van der Waals surface area contributed by atoms with Crippen LogP contribution in [0.15, 0.2) is 0 Å². The van der Waals surface area contributed by atoms with Crippen LogP contribution in [0.2, 0.25) is 0 Å². The van der Waals surface area contributed by atoms with Gasteiger partial charge in [0.05, 0.1) is 6.61 Å². The summed E-state index contributed by atoms with van der Waals surface area (Å²) >= 11 is 0. The van der Waals surface area contributed by atoms with Crippen molar-refractivity contribution in [1.82, 2.24) is 9.80 Å². The van der Waals surface area contributed by atoms with Crippen LogP contribution in [-0.2, 0) is 4.79 Å². The number of carbonyl (C=O) groups excluding carboxylic acids is 1. The van der Waals surface area contributed by atoms with E-state index < -0.39 is 0 Å². The molecule has 1 heterocycles. The Morgan fingerprint density at radius 3 is 2.10 bits per heavy atom. The summed E-state index contributed by atoms with van der Waals surface area (Å²) < 4.78 is 0. The fourth-order valence-corrected chi connectivity index (χ4v) is 3.04. The minimum Gasteiger partial charge on any atom is -0.395 e. The number of amides is 1. The lowest BCUT2D eigenvalue weighted by atomic mass is 9.89. The van der Waals surface area contributed by atoms with E-state index in [1.807, 2.05) is 4.90 Å². The normalized spacial score (nSPS) is 20.2. The van der Waals surface area contributed by atoms with Gasteiger partial charge in [-0.3, -0.25) is 9.69 Å². The molecule has 0 aliphatic carbocycles. The number of aliphatic hydroxyl groups is 1. The molecule has 0 radical (unpaired) electrons. The molecular weight excluding hydrogens is 252 g/mol. The third-order valence-corrected chi connectivity index (χ3v) is 4.77. The van der Waals surface area contributed by atoms with Crippen LogP contribution in [0.3, 0.4) is 0 Å². The maximum absolute atomic E-state index is 12.3. The van der Waals surface area contributed by atoms with Gasteiger partial charge in [0.25, 0.3) is 0 Å². The predicted octanol–water partition coefficient (Wildman–Crippen LogP) is 1.97. The number of carbonyl (C=O) groups is 1. The van der Waals surface area contributed by atoms with E-state index in [0.29, 0.717) is 24.2 Å². The van der Waals surface area contributed by atoms with Crippen LogP contribution in [0.4, 0.5) is 0 Å². The van der Waals surface area contributed by atoms with Gasteiger partial charge >= 0.3 is 0 Å². The summed E-state index contributed by atoms with van der Waals surface area (Å²) in [6, 6.07) is 0.256. The van der Waals surface area contributed by atoms with Crippen LogP contribution in [0, 0.1) is 11.8 Å². The van der Waals surface area contributed by atoms with Gasteiger partial charge in [-0.25, -0.2) is 0 Å². The van der Waals surface area contributed by atoms with E-state index >= 15 is 0 Å². The molecule has 0 bridgehead atoms. The minimum atomic E-state index is 0.218. The molecule has 0 aromatic carbocycles. The van der Waals surface area contributed by atoms with Crippen LogP contribution in [0.25, 0.3) is 0 Å². The summed E-state index contributed by atoms with van der Waals surface area (Å²) in [7, 11) is 0. The van der Waals surface area contributed by atoms with Crippen molar-refractivity contribution in [3.8, 4) is 0 Å². The highest BCUT2D eigenvalue weighted by molar-refractivity contribution is 5.76. The van der Waals surface area contributed by atoms with Gasteiger partial charge in [0.15, 0.2) is 0 Å². The molecule has 1 rings (SSSR count). The Labute approximate surface area is 124 Å². The molecule has 4 heteroatoms. The zero-order valence-corrected chi connectivity index (χ0v) is 13.6. The Hall–Kier alpha value is -0.610. The molecule has 0 aromatic rings. The molecule has 1 aliphatic heterocycles. The van der Waals surface area contributed by atoms with E-state index in [4.69, 9.17) is 0 Å². The summed E-state index contributed by atoms with van der Waals surface area (Å²) in [6.45, 7) is 12.3. The first-order valence-electron chi connectivity index (χ1n) is 8.16. The summed E-state index contributed by atoms with van der Waals surface area (Å²) in [4.78, 5) is 16.7. The number of hydrogen-bond donors (Lipinski definition) is 1. The topological polar surface area (TPSA) is 43.8 Å². The molecule has 1 saturated heterocycles. The molecule has 4 nitrogen and oxygen atoms in total. The molecule has 0 saturated carbocycles. The molecule has 20 heavy (non-hydrogen) atoms. The predicted molar refractivity (Wildman–Crippen MR) is 82.6 cm³/mol. The van der Waals surface area contributed by atoms with Crippen molar-refractivity contribution in [3.63, 3.8) is 0 Å². The molecule has 1 fully saturated rings. The molecule has 2 unspecified atom stereocenters. The van der Waals surface area contributed by atoms with Crippen LogP contribution < -0.4 is 0 Å². The Bertz CT molecular complexity index is 282. The van der Waals surface area contributed by atoms with E-state index in [2.05, 4.69) is 32.6 Å². The average Bonchev–Trinajstić information content (AvgIpc) is 2.46. The number of aliphatic hydroxyl groups excluding tert-OH is 1. The third-order valence-electron chi connectivity index (χ3n) is 4.77. The lowest BCUT2D eigenvalue weighted by Crippen LogP contribution is -2.53. The van der Waals surface area contributed by atoms with Crippen molar-refractivity contribution in [1.29, 1.82) is 0 Å². The van der Waals surface area contributed by atoms with Gasteiger partial charge in [0.2, 0.25) is 5.91 Å². The van der Waals surface area contributed by atoms with Crippen LogP contribution in [0.5, 0.6) is 0 Å². The van der Waals surface area contributed by atoms with E-state index in [9.17, 15) is 9.90 Å². The second-order valence-corrected chi connectivity index (χ2v) is 6.28. The van der Waals surface area contributed by atoms with Gasteiger partial charge in [-0.15, -0.1) is 0 Å². The Kier molecular flexibility index (Phi) is 7.52. The van der Waals surface area contributed by atoms with Gasteiger partial charge in [-0.2, -0.15) is 0 Å². The minimum absolute atomic E-state index is 0.218. The van der Waals surface area contributed by atoms with Crippen molar-refractivity contribution >= 4 is 5.91 Å². The van der Waals surface area contributed by atoms with Gasteiger partial charge in [-0.1, -0.05) is 34.1 Å². The smallest absolute Gasteiger partial charge is 0.222 e. The SMILES string of the molecule is CCC(CC(=O)N1CCN(C(CC)CO)CC1)C(C)C. The first kappa shape index (κ1) is 17.4. The van der Waals surface area contributed by atoms with Gasteiger partial charge < -0.3 is 10.0 Å². The molecule has 1 N–H and O–H groups in total. The van der Waals surface area contributed by atoms with Gasteiger partial charge in [0, 0.05) is 38.6 Å². The van der Waals surface area contributed by atoms with Crippen LogP contribution >= 0.6 is 0 Å². The standard InChI is InChI=1S/C16H32N2O2/c1-5-14(13(3)4)11-16(20)18-9-7-17(8-10-18)15(6-2)12-19/h13-15,19H,5-12H2,1-4H3. The Morgan fingerprint density at radius 1 is 1.10 bits per heavy atom.